The van der Waals surface area contributed by atoms with E-state index in [0.29, 0.717) is 6.07 Å². The van der Waals surface area contributed by atoms with E-state index in [2.05, 4.69) is 10.1 Å². The van der Waals surface area contributed by atoms with E-state index < -0.39 is 22.4 Å². The van der Waals surface area contributed by atoms with Crippen LogP contribution in [0, 0.1) is 10.1 Å². The van der Waals surface area contributed by atoms with Crippen molar-refractivity contribution < 1.29 is 18.1 Å². The van der Waals surface area contributed by atoms with Gasteiger partial charge in [0.2, 0.25) is 5.95 Å². The molecule has 0 amide bonds. The number of nitro groups is 1. The summed E-state index contributed by atoms with van der Waals surface area (Å²) < 4.78 is 38.9. The molecule has 0 saturated carbocycles. The van der Waals surface area contributed by atoms with E-state index in [9.17, 15) is 23.3 Å². The third-order valence-electron chi connectivity index (χ3n) is 2.50. The summed E-state index contributed by atoms with van der Waals surface area (Å²) in [6.45, 7) is 0. The molecule has 0 spiro atoms. The van der Waals surface area contributed by atoms with Gasteiger partial charge in [-0.2, -0.15) is 22.8 Å². The van der Waals surface area contributed by atoms with Crippen molar-refractivity contribution in [3.8, 4) is 5.69 Å². The van der Waals surface area contributed by atoms with Crippen molar-refractivity contribution in [2.45, 2.75) is 11.3 Å². The number of nitrogens with zero attached hydrogens (tertiary/aromatic N) is 4. The van der Waals surface area contributed by atoms with Gasteiger partial charge < -0.3 is 5.73 Å². The highest BCUT2D eigenvalue weighted by molar-refractivity contribution is 7.98. The average Bonchev–Trinajstić information content (AvgIpc) is 2.78. The number of rotatable bonds is 3. The fraction of sp³-hybridized carbons (Fsp3) is 0.200. The molecule has 0 aliphatic rings. The van der Waals surface area contributed by atoms with Crippen molar-refractivity contribution in [2.24, 2.45) is 0 Å². The Labute approximate surface area is 120 Å². The second-order valence-electron chi connectivity index (χ2n) is 3.83. The lowest BCUT2D eigenvalue weighted by molar-refractivity contribution is -0.384. The van der Waals surface area contributed by atoms with Gasteiger partial charge in [0.25, 0.3) is 5.69 Å². The summed E-state index contributed by atoms with van der Waals surface area (Å²) >= 11 is 1.11. The predicted octanol–water partition coefficient (Wildman–Crippen LogP) is 2.50. The van der Waals surface area contributed by atoms with Crippen LogP contribution in [0.2, 0.25) is 0 Å². The van der Waals surface area contributed by atoms with Crippen molar-refractivity contribution in [1.29, 1.82) is 0 Å². The predicted molar refractivity (Wildman–Crippen MR) is 69.2 cm³/mol. The molecular formula is C10H8F3N5O2S. The summed E-state index contributed by atoms with van der Waals surface area (Å²) in [5.74, 6) is -0.131. The second kappa shape index (κ2) is 5.24. The van der Waals surface area contributed by atoms with Crippen LogP contribution < -0.4 is 5.73 Å². The summed E-state index contributed by atoms with van der Waals surface area (Å²) in [4.78, 5) is 13.9. The maximum atomic E-state index is 12.6. The third-order valence-corrected chi connectivity index (χ3v) is 3.13. The molecule has 2 rings (SSSR count). The number of nitrogens with two attached hydrogens (primary N) is 1. The first kappa shape index (κ1) is 15.1. The van der Waals surface area contributed by atoms with E-state index in [0.717, 1.165) is 28.6 Å². The molecule has 0 radical (unpaired) electrons. The maximum absolute atomic E-state index is 12.6. The molecule has 0 aliphatic heterocycles. The molecule has 1 heterocycles. The monoisotopic (exact) mass is 319 g/mol. The number of nitrogen functional groups attached to an aromatic ring is 1. The minimum absolute atomic E-state index is 0.131. The Balaban J connectivity index is 2.66. The summed E-state index contributed by atoms with van der Waals surface area (Å²) in [6, 6.07) is 2.16. The van der Waals surface area contributed by atoms with Crippen molar-refractivity contribution in [3.63, 3.8) is 0 Å². The molecule has 1 aromatic heterocycles. The molecule has 2 aromatic rings. The van der Waals surface area contributed by atoms with Crippen LogP contribution in [0.3, 0.4) is 0 Å². The SMILES string of the molecule is CSc1nc(N)nn1-c1ccc(C(F)(F)F)cc1[N+](=O)[O-]. The molecular weight excluding hydrogens is 311 g/mol. The van der Waals surface area contributed by atoms with Crippen molar-refractivity contribution in [2.75, 3.05) is 12.0 Å². The lowest BCUT2D eigenvalue weighted by atomic mass is 10.1. The van der Waals surface area contributed by atoms with E-state index in [-0.39, 0.29) is 16.8 Å². The topological polar surface area (TPSA) is 99.9 Å². The molecule has 0 atom stereocenters. The lowest BCUT2D eigenvalue weighted by Crippen LogP contribution is -2.09. The number of alkyl halides is 3. The number of hydrogen-bond acceptors (Lipinski definition) is 6. The van der Waals surface area contributed by atoms with Gasteiger partial charge >= 0.3 is 6.18 Å². The third kappa shape index (κ3) is 2.91. The summed E-state index contributed by atoms with van der Waals surface area (Å²) in [5, 5.41) is 15.0. The zero-order valence-corrected chi connectivity index (χ0v) is 11.3. The number of halogens is 3. The minimum Gasteiger partial charge on any atom is -0.366 e. The number of aromatic nitrogens is 3. The Morgan fingerprint density at radius 2 is 2.10 bits per heavy atom. The fourth-order valence-electron chi connectivity index (χ4n) is 1.63. The number of hydrogen-bond donors (Lipinski definition) is 1. The van der Waals surface area contributed by atoms with Crippen LogP contribution in [0.15, 0.2) is 23.4 Å². The van der Waals surface area contributed by atoms with Crippen molar-refractivity contribution in [1.82, 2.24) is 14.8 Å². The average molecular weight is 319 g/mol. The summed E-state index contributed by atoms with van der Waals surface area (Å²) in [7, 11) is 0. The van der Waals surface area contributed by atoms with Gasteiger partial charge in [-0.3, -0.25) is 10.1 Å². The molecule has 21 heavy (non-hydrogen) atoms. The number of benzene rings is 1. The normalized spacial score (nSPS) is 11.6. The highest BCUT2D eigenvalue weighted by atomic mass is 32.2. The highest BCUT2D eigenvalue weighted by Gasteiger charge is 2.33. The Hall–Kier alpha value is -2.30. The molecule has 0 saturated heterocycles. The van der Waals surface area contributed by atoms with E-state index in [1.807, 2.05) is 0 Å². The van der Waals surface area contributed by atoms with Gasteiger partial charge in [-0.15, -0.1) is 5.10 Å². The van der Waals surface area contributed by atoms with Crippen LogP contribution in [0.25, 0.3) is 5.69 Å². The fourth-order valence-corrected chi connectivity index (χ4v) is 2.12. The van der Waals surface area contributed by atoms with Crippen LogP contribution in [-0.4, -0.2) is 25.9 Å². The first-order valence-electron chi connectivity index (χ1n) is 5.36. The van der Waals surface area contributed by atoms with Crippen molar-refractivity contribution >= 4 is 23.4 Å². The van der Waals surface area contributed by atoms with E-state index in [1.165, 1.54) is 0 Å². The maximum Gasteiger partial charge on any atom is 0.416 e. The molecule has 7 nitrogen and oxygen atoms in total. The number of anilines is 1. The Morgan fingerprint density at radius 1 is 1.43 bits per heavy atom. The standard InChI is InChI=1S/C10H8F3N5O2S/c1-21-9-15-8(14)16-17(9)6-3-2-5(10(11,12)13)4-7(6)18(19)20/h2-4H,1H3,(H2,14,16). The molecule has 0 aliphatic carbocycles. The van der Waals surface area contributed by atoms with Crippen LogP contribution in [-0.2, 0) is 6.18 Å². The molecule has 0 unspecified atom stereocenters. The summed E-state index contributed by atoms with van der Waals surface area (Å²) in [6.07, 6.45) is -3.04. The lowest BCUT2D eigenvalue weighted by Gasteiger charge is -2.09. The molecule has 11 heteroatoms. The first-order chi connectivity index (χ1) is 9.74. The number of nitro benzene ring substituents is 1. The van der Waals surface area contributed by atoms with Gasteiger partial charge in [0.15, 0.2) is 5.16 Å². The molecule has 112 valence electrons. The molecule has 0 fully saturated rings. The smallest absolute Gasteiger partial charge is 0.366 e. The van der Waals surface area contributed by atoms with E-state index in [4.69, 9.17) is 5.73 Å². The van der Waals surface area contributed by atoms with Gasteiger partial charge in [-0.05, 0) is 18.4 Å². The Morgan fingerprint density at radius 3 is 2.62 bits per heavy atom. The zero-order valence-electron chi connectivity index (χ0n) is 10.5. The Bertz CT molecular complexity index is 700. The zero-order chi connectivity index (χ0) is 15.8. The second-order valence-corrected chi connectivity index (χ2v) is 4.60. The van der Waals surface area contributed by atoms with Gasteiger partial charge in [-0.25, -0.2) is 0 Å². The number of thioether (sulfide) groups is 1. The molecule has 1 aromatic carbocycles. The quantitative estimate of drug-likeness (QED) is 0.530. The molecule has 2 N–H and O–H groups in total. The highest BCUT2D eigenvalue weighted by Crippen LogP contribution is 2.35. The van der Waals surface area contributed by atoms with Crippen LogP contribution in [0.5, 0.6) is 0 Å². The van der Waals surface area contributed by atoms with Crippen LogP contribution in [0.1, 0.15) is 5.56 Å². The first-order valence-corrected chi connectivity index (χ1v) is 6.59. The van der Waals surface area contributed by atoms with E-state index >= 15 is 0 Å². The minimum atomic E-state index is -4.67. The van der Waals surface area contributed by atoms with E-state index in [1.54, 1.807) is 6.26 Å². The van der Waals surface area contributed by atoms with Crippen molar-refractivity contribution in [3.05, 3.63) is 33.9 Å². The van der Waals surface area contributed by atoms with Crippen LogP contribution in [0.4, 0.5) is 24.8 Å². The van der Waals surface area contributed by atoms with Gasteiger partial charge in [-0.1, -0.05) is 11.8 Å². The van der Waals surface area contributed by atoms with Gasteiger partial charge in [0, 0.05) is 6.07 Å². The van der Waals surface area contributed by atoms with Gasteiger partial charge in [0.1, 0.15) is 5.69 Å². The largest absolute Gasteiger partial charge is 0.416 e. The summed E-state index contributed by atoms with van der Waals surface area (Å²) in [5.41, 5.74) is 3.43. The Kier molecular flexibility index (Phi) is 3.77. The molecule has 0 bridgehead atoms. The van der Waals surface area contributed by atoms with Gasteiger partial charge in [0.05, 0.1) is 10.5 Å². The van der Waals surface area contributed by atoms with Crippen LogP contribution >= 0.6 is 11.8 Å².